The molecular formula is C28H36N4O2S. The van der Waals surface area contributed by atoms with Gasteiger partial charge in [-0.1, -0.05) is 60.3 Å². The van der Waals surface area contributed by atoms with E-state index >= 15 is 0 Å². The van der Waals surface area contributed by atoms with Crippen LogP contribution >= 0.6 is 11.8 Å². The quantitative estimate of drug-likeness (QED) is 0.355. The van der Waals surface area contributed by atoms with Crippen molar-refractivity contribution in [2.24, 2.45) is 0 Å². The molecule has 0 amide bonds. The molecule has 2 fully saturated rings. The van der Waals surface area contributed by atoms with Crippen LogP contribution in [0.1, 0.15) is 55.5 Å². The lowest BCUT2D eigenvalue weighted by atomic mass is 9.95. The molecule has 3 aromatic rings. The van der Waals surface area contributed by atoms with Gasteiger partial charge in [-0.3, -0.25) is 4.90 Å². The van der Waals surface area contributed by atoms with Gasteiger partial charge in [-0.05, 0) is 57.3 Å². The number of para-hydroxylation sites is 1. The molecule has 35 heavy (non-hydrogen) atoms. The maximum Gasteiger partial charge on any atom is 0.191 e. The predicted molar refractivity (Wildman–Crippen MR) is 140 cm³/mol. The third-order valence-corrected chi connectivity index (χ3v) is 8.07. The zero-order chi connectivity index (χ0) is 23.9. The molecule has 0 aliphatic carbocycles. The monoisotopic (exact) mass is 492 g/mol. The van der Waals surface area contributed by atoms with E-state index in [0.717, 1.165) is 74.5 Å². The number of rotatable bonds is 10. The molecule has 1 aromatic heterocycles. The van der Waals surface area contributed by atoms with E-state index in [1.165, 1.54) is 17.5 Å². The fourth-order valence-electron chi connectivity index (χ4n) is 5.09. The van der Waals surface area contributed by atoms with Crippen LogP contribution in [0.2, 0.25) is 0 Å². The highest BCUT2D eigenvalue weighted by molar-refractivity contribution is 7.99. The molecule has 0 bridgehead atoms. The number of thioether (sulfide) groups is 1. The van der Waals surface area contributed by atoms with Crippen LogP contribution in [0.3, 0.4) is 0 Å². The number of benzene rings is 2. The van der Waals surface area contributed by atoms with E-state index in [9.17, 15) is 0 Å². The van der Waals surface area contributed by atoms with Crippen molar-refractivity contribution in [1.82, 2.24) is 19.7 Å². The maximum absolute atomic E-state index is 5.85. The van der Waals surface area contributed by atoms with Gasteiger partial charge in [0.15, 0.2) is 5.16 Å². The maximum atomic E-state index is 5.85. The first-order valence-corrected chi connectivity index (χ1v) is 13.9. The first-order chi connectivity index (χ1) is 17.3. The largest absolute Gasteiger partial charge is 0.494 e. The summed E-state index contributed by atoms with van der Waals surface area (Å²) in [4.78, 5) is 2.54. The normalized spacial score (nSPS) is 19.3. The minimum Gasteiger partial charge on any atom is -0.494 e. The Morgan fingerprint density at radius 1 is 0.971 bits per heavy atom. The number of piperidine rings is 1. The lowest BCUT2D eigenvalue weighted by Gasteiger charge is -2.32. The topological polar surface area (TPSA) is 52.4 Å². The second kappa shape index (κ2) is 12.1. The third-order valence-electron chi connectivity index (χ3n) is 6.97. The van der Waals surface area contributed by atoms with E-state index in [2.05, 4.69) is 69.2 Å². The Morgan fingerprint density at radius 2 is 1.77 bits per heavy atom. The van der Waals surface area contributed by atoms with E-state index in [4.69, 9.17) is 14.6 Å². The Bertz CT molecular complexity index is 1060. The molecule has 186 valence electrons. The molecule has 3 heterocycles. The van der Waals surface area contributed by atoms with Crippen molar-refractivity contribution in [3.8, 4) is 5.75 Å². The second-order valence-electron chi connectivity index (χ2n) is 9.45. The minimum atomic E-state index is 0.341. The van der Waals surface area contributed by atoms with Crippen LogP contribution in [-0.2, 0) is 17.8 Å². The van der Waals surface area contributed by atoms with Crippen molar-refractivity contribution in [2.75, 3.05) is 32.1 Å². The average molecular weight is 493 g/mol. The molecule has 0 saturated carbocycles. The molecule has 2 aliphatic heterocycles. The molecule has 2 saturated heterocycles. The van der Waals surface area contributed by atoms with Crippen molar-refractivity contribution < 1.29 is 9.47 Å². The third kappa shape index (κ3) is 6.26. The molecule has 5 rings (SSSR count). The van der Waals surface area contributed by atoms with Gasteiger partial charge in [0.05, 0.1) is 19.3 Å². The number of nitrogens with zero attached hydrogens (tertiary/aromatic N) is 4. The molecule has 0 unspecified atom stereocenters. The van der Waals surface area contributed by atoms with Crippen LogP contribution in [0.5, 0.6) is 5.75 Å². The zero-order valence-corrected chi connectivity index (χ0v) is 21.5. The molecule has 0 radical (unpaired) electrons. The average Bonchev–Trinajstić information content (AvgIpc) is 3.55. The standard InChI is InChI=1S/C28H36N4O2S/c1-2-33-26-13-7-6-11-24(26)20-31-16-14-23(15-17-31)27-29-30-28(35-21-25-12-8-18-34-25)32(27)19-22-9-4-3-5-10-22/h3-7,9-11,13,23,25H,2,8,12,14-21H2,1H3/t25-/m1/s1. The van der Waals surface area contributed by atoms with Crippen molar-refractivity contribution >= 4 is 11.8 Å². The van der Waals surface area contributed by atoms with Gasteiger partial charge >= 0.3 is 0 Å². The Labute approximate surface area is 213 Å². The van der Waals surface area contributed by atoms with Gasteiger partial charge in [0.25, 0.3) is 0 Å². The van der Waals surface area contributed by atoms with Crippen molar-refractivity contribution in [3.05, 3.63) is 71.5 Å². The summed E-state index contributed by atoms with van der Waals surface area (Å²) >= 11 is 1.80. The smallest absolute Gasteiger partial charge is 0.191 e. The van der Waals surface area contributed by atoms with E-state index in [0.29, 0.717) is 18.6 Å². The van der Waals surface area contributed by atoms with E-state index < -0.39 is 0 Å². The molecule has 0 spiro atoms. The molecule has 2 aliphatic rings. The van der Waals surface area contributed by atoms with Crippen LogP contribution in [-0.4, -0.2) is 57.8 Å². The van der Waals surface area contributed by atoms with Gasteiger partial charge in [0.1, 0.15) is 11.6 Å². The number of ether oxygens (including phenoxy) is 2. The minimum absolute atomic E-state index is 0.341. The Morgan fingerprint density at radius 3 is 2.54 bits per heavy atom. The van der Waals surface area contributed by atoms with Gasteiger partial charge in [-0.2, -0.15) is 0 Å². The summed E-state index contributed by atoms with van der Waals surface area (Å²) in [6.45, 7) is 7.50. The highest BCUT2D eigenvalue weighted by Gasteiger charge is 2.27. The van der Waals surface area contributed by atoms with Crippen molar-refractivity contribution in [1.29, 1.82) is 0 Å². The summed E-state index contributed by atoms with van der Waals surface area (Å²) in [7, 11) is 0. The molecule has 1 atom stereocenters. The first kappa shape index (κ1) is 24.3. The number of likely N-dealkylation sites (tertiary alicyclic amines) is 1. The van der Waals surface area contributed by atoms with E-state index in [1.807, 2.05) is 6.92 Å². The summed E-state index contributed by atoms with van der Waals surface area (Å²) in [5.74, 6) is 3.53. The van der Waals surface area contributed by atoms with Crippen LogP contribution in [0.4, 0.5) is 0 Å². The van der Waals surface area contributed by atoms with Crippen LogP contribution in [0.15, 0.2) is 59.8 Å². The fraction of sp³-hybridized carbons (Fsp3) is 0.500. The van der Waals surface area contributed by atoms with Gasteiger partial charge in [-0.25, -0.2) is 0 Å². The van der Waals surface area contributed by atoms with Crippen LogP contribution in [0.25, 0.3) is 0 Å². The number of hydrogen-bond donors (Lipinski definition) is 0. The Hall–Kier alpha value is -2.35. The van der Waals surface area contributed by atoms with Crippen molar-refractivity contribution in [2.45, 2.75) is 62.9 Å². The molecule has 2 aromatic carbocycles. The molecule has 7 heteroatoms. The Kier molecular flexibility index (Phi) is 8.39. The van der Waals surface area contributed by atoms with Gasteiger partial charge < -0.3 is 14.0 Å². The summed E-state index contributed by atoms with van der Waals surface area (Å²) < 4.78 is 14.1. The van der Waals surface area contributed by atoms with Gasteiger partial charge in [-0.15, -0.1) is 10.2 Å². The number of aromatic nitrogens is 3. The van der Waals surface area contributed by atoms with Gasteiger partial charge in [0.2, 0.25) is 0 Å². The zero-order valence-electron chi connectivity index (χ0n) is 20.6. The van der Waals surface area contributed by atoms with E-state index in [-0.39, 0.29) is 0 Å². The molecular weight excluding hydrogens is 456 g/mol. The van der Waals surface area contributed by atoms with Crippen LogP contribution < -0.4 is 4.74 Å². The van der Waals surface area contributed by atoms with Crippen LogP contribution in [0, 0.1) is 0 Å². The fourth-order valence-corrected chi connectivity index (χ4v) is 6.10. The Balaban J connectivity index is 1.26. The predicted octanol–water partition coefficient (Wildman–Crippen LogP) is 5.38. The molecule has 0 N–H and O–H groups in total. The highest BCUT2D eigenvalue weighted by Crippen LogP contribution is 2.32. The summed E-state index contributed by atoms with van der Waals surface area (Å²) in [5, 5.41) is 10.4. The number of hydrogen-bond acceptors (Lipinski definition) is 6. The SMILES string of the molecule is CCOc1ccccc1CN1CCC(c2nnc(SC[C@H]3CCCO3)n2Cc2ccccc2)CC1. The summed E-state index contributed by atoms with van der Waals surface area (Å²) in [6, 6.07) is 19.1. The van der Waals surface area contributed by atoms with Crippen molar-refractivity contribution in [3.63, 3.8) is 0 Å². The summed E-state index contributed by atoms with van der Waals surface area (Å²) in [5.41, 5.74) is 2.56. The molecule has 6 nitrogen and oxygen atoms in total. The summed E-state index contributed by atoms with van der Waals surface area (Å²) in [6.07, 6.45) is 4.85. The first-order valence-electron chi connectivity index (χ1n) is 12.9. The highest BCUT2D eigenvalue weighted by atomic mass is 32.2. The lowest BCUT2D eigenvalue weighted by Crippen LogP contribution is -2.33. The van der Waals surface area contributed by atoms with Gasteiger partial charge in [0, 0.05) is 30.4 Å². The lowest BCUT2D eigenvalue weighted by molar-refractivity contribution is 0.129. The second-order valence-corrected chi connectivity index (χ2v) is 10.4. The van der Waals surface area contributed by atoms with E-state index in [1.54, 1.807) is 11.8 Å².